The lowest BCUT2D eigenvalue weighted by Crippen LogP contribution is -2.54. The second kappa shape index (κ2) is 15.4. The fraction of sp³-hybridized carbons (Fsp3) is 0.424. The number of aryl methyl sites for hydroxylation is 1. The Morgan fingerprint density at radius 1 is 0.956 bits per heavy atom. The summed E-state index contributed by atoms with van der Waals surface area (Å²) in [5.41, 5.74) is 1.55. The number of carbonyl (C=O) groups excluding carboxylic acids is 4. The van der Waals surface area contributed by atoms with Crippen molar-refractivity contribution in [2.45, 2.75) is 58.2 Å². The number of likely N-dealkylation sites (N-methyl/N-ethyl adjacent to an activating group) is 1. The summed E-state index contributed by atoms with van der Waals surface area (Å²) in [5, 5.41) is 12.4. The fourth-order valence-corrected chi connectivity index (χ4v) is 5.34. The lowest BCUT2D eigenvalue weighted by molar-refractivity contribution is -0.137. The van der Waals surface area contributed by atoms with E-state index in [2.05, 4.69) is 25.9 Å². The van der Waals surface area contributed by atoms with Crippen molar-refractivity contribution in [1.29, 1.82) is 0 Å². The molecule has 3 atom stereocenters. The van der Waals surface area contributed by atoms with E-state index in [1.165, 1.54) is 23.0 Å². The molecule has 0 bridgehead atoms. The Hall–Kier alpha value is -4.58. The van der Waals surface area contributed by atoms with Gasteiger partial charge < -0.3 is 25.8 Å². The van der Waals surface area contributed by atoms with Crippen molar-refractivity contribution in [3.63, 3.8) is 0 Å². The maximum Gasteiger partial charge on any atom is 0.270 e. The highest BCUT2D eigenvalue weighted by atomic mass is 19.1. The molecule has 1 aliphatic heterocycles. The molecule has 0 radical (unpaired) electrons. The first-order chi connectivity index (χ1) is 21.6. The third-order valence-corrected chi connectivity index (χ3v) is 8.14. The smallest absolute Gasteiger partial charge is 0.270 e. The van der Waals surface area contributed by atoms with Gasteiger partial charge in [-0.3, -0.25) is 23.9 Å². The molecule has 2 aromatic carbocycles. The van der Waals surface area contributed by atoms with Crippen molar-refractivity contribution >= 4 is 29.3 Å². The summed E-state index contributed by atoms with van der Waals surface area (Å²) in [5.74, 6) is -2.69. The standard InChI is InChI=1S/C33H42FN7O4/c1-5-29(42)36-27(33(45)40-18-16-39(4)17-19-40)21-23-12-13-26(25(34)20-23)37-32(44)30(22(3)24-10-8-7-9-11-24)38-31(43)28-14-15-35-41(28)6-2/h7-15,20,22,27,30H,5-6,16-19,21H2,1-4H3,(H,36,42)(H,37,44)(H,38,43)/t22-,27+,30-/m0/s1. The molecule has 12 heteroatoms. The Morgan fingerprint density at radius 3 is 2.31 bits per heavy atom. The van der Waals surface area contributed by atoms with Crippen LogP contribution in [0.1, 0.15) is 54.7 Å². The topological polar surface area (TPSA) is 129 Å². The minimum absolute atomic E-state index is 0.0681. The molecule has 45 heavy (non-hydrogen) atoms. The van der Waals surface area contributed by atoms with Gasteiger partial charge in [-0.25, -0.2) is 4.39 Å². The molecular formula is C33H42FN7O4. The number of amides is 4. The molecule has 0 unspecified atom stereocenters. The maximum atomic E-state index is 15.5. The number of benzene rings is 2. The molecule has 1 aromatic heterocycles. The molecule has 3 N–H and O–H groups in total. The van der Waals surface area contributed by atoms with Gasteiger partial charge in [0.25, 0.3) is 5.91 Å². The van der Waals surface area contributed by atoms with Gasteiger partial charge in [-0.2, -0.15) is 5.10 Å². The van der Waals surface area contributed by atoms with Crippen LogP contribution in [0.25, 0.3) is 0 Å². The highest BCUT2D eigenvalue weighted by Crippen LogP contribution is 2.23. The van der Waals surface area contributed by atoms with Crippen LogP contribution < -0.4 is 16.0 Å². The Labute approximate surface area is 263 Å². The van der Waals surface area contributed by atoms with E-state index in [9.17, 15) is 19.2 Å². The molecule has 3 aromatic rings. The number of anilines is 1. The highest BCUT2D eigenvalue weighted by molar-refractivity contribution is 6.01. The van der Waals surface area contributed by atoms with Gasteiger partial charge in [0, 0.05) is 57.7 Å². The summed E-state index contributed by atoms with van der Waals surface area (Å²) in [4.78, 5) is 56.3. The first kappa shape index (κ1) is 33.3. The van der Waals surface area contributed by atoms with Gasteiger partial charge in [-0.1, -0.05) is 50.2 Å². The molecule has 0 aliphatic carbocycles. The zero-order valence-electron chi connectivity index (χ0n) is 26.3. The van der Waals surface area contributed by atoms with Crippen LogP contribution in [0.5, 0.6) is 0 Å². The molecule has 4 amide bonds. The van der Waals surface area contributed by atoms with Gasteiger partial charge in [-0.15, -0.1) is 0 Å². The number of hydrogen-bond acceptors (Lipinski definition) is 6. The van der Waals surface area contributed by atoms with Crippen molar-refractivity contribution < 1.29 is 23.6 Å². The number of hydrogen-bond donors (Lipinski definition) is 3. The third kappa shape index (κ3) is 8.53. The van der Waals surface area contributed by atoms with Gasteiger partial charge in [-0.05, 0) is 43.3 Å². The van der Waals surface area contributed by atoms with Gasteiger partial charge in [0.1, 0.15) is 23.6 Å². The minimum Gasteiger partial charge on any atom is -0.344 e. The molecule has 0 spiro atoms. The molecule has 240 valence electrons. The van der Waals surface area contributed by atoms with E-state index in [0.717, 1.165) is 18.7 Å². The largest absolute Gasteiger partial charge is 0.344 e. The van der Waals surface area contributed by atoms with Gasteiger partial charge >= 0.3 is 0 Å². The SMILES string of the molecule is CCC(=O)N[C@H](Cc1ccc(NC(=O)[C@@H](NC(=O)c2ccnn2CC)[C@@H](C)c2ccccc2)c(F)c1)C(=O)N1CCN(C)CC1. The van der Waals surface area contributed by atoms with E-state index in [4.69, 9.17) is 0 Å². The van der Waals surface area contributed by atoms with Gasteiger partial charge in [0.05, 0.1) is 5.69 Å². The average Bonchev–Trinajstić information content (AvgIpc) is 3.54. The first-order valence-corrected chi connectivity index (χ1v) is 15.3. The molecule has 4 rings (SSSR count). The van der Waals surface area contributed by atoms with Crippen LogP contribution in [0.15, 0.2) is 60.8 Å². The fourth-order valence-electron chi connectivity index (χ4n) is 5.34. The van der Waals surface area contributed by atoms with Crippen LogP contribution in [0.4, 0.5) is 10.1 Å². The summed E-state index contributed by atoms with van der Waals surface area (Å²) in [6.07, 6.45) is 1.82. The Kier molecular flexibility index (Phi) is 11.4. The number of aromatic nitrogens is 2. The predicted molar refractivity (Wildman–Crippen MR) is 169 cm³/mol. The van der Waals surface area contributed by atoms with E-state index in [-0.39, 0.29) is 30.3 Å². The van der Waals surface area contributed by atoms with Crippen molar-refractivity contribution in [3.8, 4) is 0 Å². The monoisotopic (exact) mass is 619 g/mol. The van der Waals surface area contributed by atoms with Crippen LogP contribution in [-0.4, -0.2) is 88.5 Å². The summed E-state index contributed by atoms with van der Waals surface area (Å²) < 4.78 is 17.0. The van der Waals surface area contributed by atoms with Crippen LogP contribution in [0.3, 0.4) is 0 Å². The predicted octanol–water partition coefficient (Wildman–Crippen LogP) is 2.79. The van der Waals surface area contributed by atoms with Crippen molar-refractivity contribution in [3.05, 3.63) is 83.4 Å². The molecule has 0 saturated carbocycles. The van der Waals surface area contributed by atoms with Crippen LogP contribution in [-0.2, 0) is 27.3 Å². The molecule has 1 saturated heterocycles. The van der Waals surface area contributed by atoms with Crippen LogP contribution >= 0.6 is 0 Å². The van der Waals surface area contributed by atoms with E-state index in [1.807, 2.05) is 51.2 Å². The summed E-state index contributed by atoms with van der Waals surface area (Å²) >= 11 is 0. The Morgan fingerprint density at radius 2 is 1.67 bits per heavy atom. The highest BCUT2D eigenvalue weighted by Gasteiger charge is 2.31. The second-order valence-corrected chi connectivity index (χ2v) is 11.3. The molecule has 1 aliphatic rings. The molecule has 1 fully saturated rings. The van der Waals surface area contributed by atoms with Gasteiger partial charge in [0.15, 0.2) is 0 Å². The number of halogens is 1. The number of carbonyl (C=O) groups is 4. The summed E-state index contributed by atoms with van der Waals surface area (Å²) in [6, 6.07) is 13.3. The summed E-state index contributed by atoms with van der Waals surface area (Å²) in [6.45, 7) is 8.42. The Bertz CT molecular complexity index is 1490. The molecule has 11 nitrogen and oxygen atoms in total. The first-order valence-electron chi connectivity index (χ1n) is 15.3. The number of piperazine rings is 1. The van der Waals surface area contributed by atoms with E-state index in [1.54, 1.807) is 24.0 Å². The van der Waals surface area contributed by atoms with Gasteiger partial charge in [0.2, 0.25) is 17.7 Å². The van der Waals surface area contributed by atoms with Crippen molar-refractivity contribution in [2.75, 3.05) is 38.5 Å². The normalized spacial score (nSPS) is 15.5. The number of nitrogens with one attached hydrogen (secondary N) is 3. The van der Waals surface area contributed by atoms with Crippen molar-refractivity contribution in [2.24, 2.45) is 0 Å². The number of nitrogens with zero attached hydrogens (tertiary/aromatic N) is 4. The molecule has 2 heterocycles. The quantitative estimate of drug-likeness (QED) is 0.286. The maximum absolute atomic E-state index is 15.5. The lowest BCUT2D eigenvalue weighted by atomic mass is 9.92. The average molecular weight is 620 g/mol. The third-order valence-electron chi connectivity index (χ3n) is 8.14. The van der Waals surface area contributed by atoms with Crippen LogP contribution in [0.2, 0.25) is 0 Å². The minimum atomic E-state index is -1.03. The second-order valence-electron chi connectivity index (χ2n) is 11.3. The number of rotatable bonds is 12. The van der Waals surface area contributed by atoms with E-state index >= 15 is 4.39 Å². The summed E-state index contributed by atoms with van der Waals surface area (Å²) in [7, 11) is 1.99. The zero-order valence-corrected chi connectivity index (χ0v) is 26.3. The van der Waals surface area contributed by atoms with E-state index < -0.39 is 35.6 Å². The van der Waals surface area contributed by atoms with Crippen molar-refractivity contribution in [1.82, 2.24) is 30.2 Å². The van der Waals surface area contributed by atoms with E-state index in [0.29, 0.717) is 30.9 Å². The lowest BCUT2D eigenvalue weighted by Gasteiger charge is -2.34. The zero-order chi connectivity index (χ0) is 32.5. The van der Waals surface area contributed by atoms with Crippen LogP contribution in [0, 0.1) is 5.82 Å². The Balaban J connectivity index is 1.52. The molecular weight excluding hydrogens is 577 g/mol.